The molecule has 2 atom stereocenters. The number of halogens is 1. The lowest BCUT2D eigenvalue weighted by atomic mass is 9.79. The first-order valence-corrected chi connectivity index (χ1v) is 7.03. The van der Waals surface area contributed by atoms with E-state index in [4.69, 9.17) is 16.9 Å². The Bertz CT molecular complexity index is 806. The summed E-state index contributed by atoms with van der Waals surface area (Å²) in [5, 5.41) is 31.5. The molecule has 1 aliphatic carbocycles. The van der Waals surface area contributed by atoms with Gasteiger partial charge in [0.1, 0.15) is 5.82 Å². The van der Waals surface area contributed by atoms with E-state index in [0.717, 1.165) is 0 Å². The SMILES string of the molecule is N#CC1CC1C(=O)Nc1cc2cc(B(O)O)cc(Cl)c2cn1. The highest BCUT2D eigenvalue weighted by atomic mass is 35.5. The number of hydrogen-bond acceptors (Lipinski definition) is 5. The van der Waals surface area contributed by atoms with Crippen molar-refractivity contribution in [3.63, 3.8) is 0 Å². The average molecular weight is 316 g/mol. The second-order valence-corrected chi connectivity index (χ2v) is 5.64. The molecule has 6 nitrogen and oxygen atoms in total. The summed E-state index contributed by atoms with van der Waals surface area (Å²) in [6.45, 7) is 0. The molecule has 3 N–H and O–H groups in total. The predicted molar refractivity (Wildman–Crippen MR) is 82.4 cm³/mol. The number of pyridine rings is 1. The van der Waals surface area contributed by atoms with Crippen molar-refractivity contribution >= 4 is 46.7 Å². The Kier molecular flexibility index (Phi) is 3.75. The normalized spacial score (nSPS) is 19.5. The lowest BCUT2D eigenvalue weighted by Crippen LogP contribution is -2.29. The number of hydrogen-bond donors (Lipinski definition) is 3. The fraction of sp³-hybridized carbons (Fsp3) is 0.214. The van der Waals surface area contributed by atoms with E-state index in [1.54, 1.807) is 12.1 Å². The maximum absolute atomic E-state index is 11.9. The predicted octanol–water partition coefficient (Wildman–Crippen LogP) is 0.666. The van der Waals surface area contributed by atoms with Crippen LogP contribution in [0.15, 0.2) is 24.4 Å². The number of nitrogens with zero attached hydrogens (tertiary/aromatic N) is 2. The van der Waals surface area contributed by atoms with Gasteiger partial charge in [-0.1, -0.05) is 17.7 Å². The van der Waals surface area contributed by atoms with Crippen LogP contribution in [-0.4, -0.2) is 28.1 Å². The van der Waals surface area contributed by atoms with Gasteiger partial charge in [-0.05, 0) is 29.4 Å². The maximum atomic E-state index is 11.9. The number of nitrogens with one attached hydrogen (secondary N) is 1. The molecule has 1 saturated carbocycles. The number of rotatable bonds is 3. The molecule has 2 unspecified atom stereocenters. The highest BCUT2D eigenvalue weighted by molar-refractivity contribution is 6.59. The summed E-state index contributed by atoms with van der Waals surface area (Å²) in [5.41, 5.74) is 0.257. The summed E-state index contributed by atoms with van der Waals surface area (Å²) in [7, 11) is -1.63. The molecule has 1 fully saturated rings. The van der Waals surface area contributed by atoms with Crippen molar-refractivity contribution in [3.8, 4) is 6.07 Å². The van der Waals surface area contributed by atoms with Crippen LogP contribution in [0.1, 0.15) is 6.42 Å². The third-order valence-electron chi connectivity index (χ3n) is 3.65. The topological polar surface area (TPSA) is 106 Å². The van der Waals surface area contributed by atoms with E-state index in [1.165, 1.54) is 12.3 Å². The number of fused-ring (bicyclic) bond motifs is 1. The Hall–Kier alpha value is -2.14. The first-order chi connectivity index (χ1) is 10.5. The molecule has 110 valence electrons. The number of benzene rings is 1. The van der Waals surface area contributed by atoms with Crippen molar-refractivity contribution in [1.29, 1.82) is 5.26 Å². The number of nitriles is 1. The molecule has 1 aromatic carbocycles. The van der Waals surface area contributed by atoms with Gasteiger partial charge in [-0.2, -0.15) is 5.26 Å². The molecule has 0 bridgehead atoms. The quantitative estimate of drug-likeness (QED) is 0.722. The Labute approximate surface area is 131 Å². The van der Waals surface area contributed by atoms with E-state index < -0.39 is 7.12 Å². The van der Waals surface area contributed by atoms with Crippen molar-refractivity contribution in [3.05, 3.63) is 29.4 Å². The van der Waals surface area contributed by atoms with Crippen molar-refractivity contribution in [2.24, 2.45) is 11.8 Å². The van der Waals surface area contributed by atoms with Gasteiger partial charge in [0.25, 0.3) is 0 Å². The summed E-state index contributed by atoms with van der Waals surface area (Å²) in [6, 6.07) is 6.69. The van der Waals surface area contributed by atoms with Gasteiger partial charge in [-0.3, -0.25) is 4.79 Å². The van der Waals surface area contributed by atoms with E-state index in [-0.39, 0.29) is 23.2 Å². The number of anilines is 1. The molecule has 1 heterocycles. The van der Waals surface area contributed by atoms with Crippen LogP contribution < -0.4 is 10.8 Å². The van der Waals surface area contributed by atoms with Crippen LogP contribution in [0, 0.1) is 23.2 Å². The third-order valence-corrected chi connectivity index (χ3v) is 3.96. The standard InChI is InChI=1S/C14H11BClN3O3/c16-12-4-9(15(21)22)1-7-3-13(18-6-11(7)12)19-14(20)10-2-8(10)5-17/h1,3-4,6,8,10,21-22H,2H2,(H,18,19,20). The van der Waals surface area contributed by atoms with Crippen molar-refractivity contribution in [2.75, 3.05) is 5.32 Å². The van der Waals surface area contributed by atoms with Crippen LogP contribution in [0.3, 0.4) is 0 Å². The van der Waals surface area contributed by atoms with E-state index in [9.17, 15) is 14.8 Å². The minimum Gasteiger partial charge on any atom is -0.423 e. The lowest BCUT2D eigenvalue weighted by Gasteiger charge is -2.08. The molecule has 1 aliphatic rings. The Morgan fingerprint density at radius 3 is 2.86 bits per heavy atom. The summed E-state index contributed by atoms with van der Waals surface area (Å²) in [6.07, 6.45) is 2.08. The van der Waals surface area contributed by atoms with Crippen LogP contribution in [0.2, 0.25) is 5.02 Å². The summed E-state index contributed by atoms with van der Waals surface area (Å²) < 4.78 is 0. The molecule has 2 aromatic rings. The van der Waals surface area contributed by atoms with E-state index >= 15 is 0 Å². The Balaban J connectivity index is 1.89. The number of carbonyl (C=O) groups is 1. The van der Waals surface area contributed by atoms with Gasteiger partial charge in [0.2, 0.25) is 5.91 Å². The van der Waals surface area contributed by atoms with Crippen molar-refractivity contribution in [1.82, 2.24) is 4.98 Å². The second kappa shape index (κ2) is 5.57. The number of aromatic nitrogens is 1. The fourth-order valence-corrected chi connectivity index (χ4v) is 2.58. The molecular formula is C14H11BClN3O3. The number of amides is 1. The molecule has 3 rings (SSSR count). The molecule has 0 aliphatic heterocycles. The summed E-state index contributed by atoms with van der Waals surface area (Å²) >= 11 is 6.08. The third kappa shape index (κ3) is 2.77. The average Bonchev–Trinajstić information content (AvgIpc) is 3.26. The monoisotopic (exact) mass is 315 g/mol. The van der Waals surface area contributed by atoms with Gasteiger partial charge in [-0.25, -0.2) is 4.98 Å². The zero-order valence-corrected chi connectivity index (χ0v) is 12.1. The van der Waals surface area contributed by atoms with Crippen LogP contribution in [0.4, 0.5) is 5.82 Å². The minimum absolute atomic E-state index is 0.217. The van der Waals surface area contributed by atoms with E-state index in [1.807, 2.05) is 0 Å². The maximum Gasteiger partial charge on any atom is 0.488 e. The van der Waals surface area contributed by atoms with E-state index in [0.29, 0.717) is 28.0 Å². The van der Waals surface area contributed by atoms with Gasteiger partial charge in [0, 0.05) is 16.6 Å². The molecular weight excluding hydrogens is 304 g/mol. The Morgan fingerprint density at radius 2 is 2.23 bits per heavy atom. The largest absolute Gasteiger partial charge is 0.488 e. The lowest BCUT2D eigenvalue weighted by molar-refractivity contribution is -0.117. The van der Waals surface area contributed by atoms with E-state index in [2.05, 4.69) is 16.4 Å². The molecule has 0 spiro atoms. The smallest absolute Gasteiger partial charge is 0.423 e. The highest BCUT2D eigenvalue weighted by Gasteiger charge is 2.43. The molecule has 22 heavy (non-hydrogen) atoms. The highest BCUT2D eigenvalue weighted by Crippen LogP contribution is 2.38. The molecule has 0 saturated heterocycles. The van der Waals surface area contributed by atoms with Crippen LogP contribution >= 0.6 is 11.6 Å². The van der Waals surface area contributed by atoms with Crippen molar-refractivity contribution in [2.45, 2.75) is 6.42 Å². The van der Waals surface area contributed by atoms with Crippen molar-refractivity contribution < 1.29 is 14.8 Å². The first-order valence-electron chi connectivity index (χ1n) is 6.65. The van der Waals surface area contributed by atoms with Crippen LogP contribution in [-0.2, 0) is 4.79 Å². The summed E-state index contributed by atoms with van der Waals surface area (Å²) in [4.78, 5) is 16.0. The fourth-order valence-electron chi connectivity index (χ4n) is 2.30. The van der Waals surface area contributed by atoms with Gasteiger partial charge < -0.3 is 15.4 Å². The van der Waals surface area contributed by atoms with Crippen LogP contribution in [0.25, 0.3) is 10.8 Å². The van der Waals surface area contributed by atoms with Crippen LogP contribution in [0.5, 0.6) is 0 Å². The zero-order valence-electron chi connectivity index (χ0n) is 11.3. The summed E-state index contributed by atoms with van der Waals surface area (Å²) in [5.74, 6) is -0.396. The van der Waals surface area contributed by atoms with Gasteiger partial charge >= 0.3 is 7.12 Å². The second-order valence-electron chi connectivity index (χ2n) is 5.23. The van der Waals surface area contributed by atoms with Gasteiger partial charge in [-0.15, -0.1) is 0 Å². The molecule has 8 heteroatoms. The first kappa shape index (κ1) is 14.8. The Morgan fingerprint density at radius 1 is 1.45 bits per heavy atom. The van der Waals surface area contributed by atoms with Gasteiger partial charge in [0.15, 0.2) is 0 Å². The minimum atomic E-state index is -1.63. The number of carbonyl (C=O) groups excluding carboxylic acids is 1. The molecule has 1 amide bonds. The molecule has 1 aromatic heterocycles. The zero-order chi connectivity index (χ0) is 15.9. The molecule has 0 radical (unpaired) electrons. The van der Waals surface area contributed by atoms with Gasteiger partial charge in [0.05, 0.1) is 17.9 Å².